The average molecular weight is 332 g/mol. The molecule has 118 valence electrons. The van der Waals surface area contributed by atoms with Crippen LogP contribution in [0.4, 0.5) is 5.69 Å². The molecule has 1 aliphatic rings. The molecule has 24 heavy (non-hydrogen) atoms. The maximum Gasteiger partial charge on any atom is 0.0668 e. The van der Waals surface area contributed by atoms with Crippen LogP contribution < -0.4 is 0 Å². The lowest BCUT2D eigenvalue weighted by Crippen LogP contribution is -2.31. The summed E-state index contributed by atoms with van der Waals surface area (Å²) in [6.45, 7) is 0. The molecule has 0 bridgehead atoms. The van der Waals surface area contributed by atoms with Crippen LogP contribution in [0.3, 0.4) is 0 Å². The number of aliphatic imine (C=N–C) groups is 1. The van der Waals surface area contributed by atoms with Crippen molar-refractivity contribution < 1.29 is 0 Å². The molecule has 3 aromatic carbocycles. The van der Waals surface area contributed by atoms with Crippen LogP contribution in [0.1, 0.15) is 16.7 Å². The summed E-state index contributed by atoms with van der Waals surface area (Å²) in [6.07, 6.45) is 3.95. The SMILES string of the molecule is Clc1ccc2c(c1)C(Cc1ccccc1)(Cc1ccccc1)C=N2. The zero-order valence-electron chi connectivity index (χ0n) is 13.3. The van der Waals surface area contributed by atoms with Crippen molar-refractivity contribution in [1.29, 1.82) is 0 Å². The summed E-state index contributed by atoms with van der Waals surface area (Å²) in [6, 6.07) is 27.2. The fraction of sp³-hybridized carbons (Fsp3) is 0.136. The highest BCUT2D eigenvalue weighted by atomic mass is 35.5. The first-order valence-corrected chi connectivity index (χ1v) is 8.56. The van der Waals surface area contributed by atoms with Crippen LogP contribution in [-0.4, -0.2) is 6.21 Å². The molecule has 0 saturated carbocycles. The lowest BCUT2D eigenvalue weighted by Gasteiger charge is -2.28. The summed E-state index contributed by atoms with van der Waals surface area (Å²) in [5, 5.41) is 0.768. The van der Waals surface area contributed by atoms with Crippen LogP contribution >= 0.6 is 11.6 Å². The predicted octanol–water partition coefficient (Wildman–Crippen LogP) is 5.78. The van der Waals surface area contributed by atoms with Crippen molar-refractivity contribution in [2.45, 2.75) is 18.3 Å². The summed E-state index contributed by atoms with van der Waals surface area (Å²) < 4.78 is 0. The zero-order valence-corrected chi connectivity index (χ0v) is 14.1. The van der Waals surface area contributed by atoms with Gasteiger partial charge < -0.3 is 0 Å². The Labute approximate surface area is 147 Å². The maximum atomic E-state index is 6.30. The Balaban J connectivity index is 1.80. The van der Waals surface area contributed by atoms with Crippen LogP contribution in [0, 0.1) is 0 Å². The molecular weight excluding hydrogens is 314 g/mol. The lowest BCUT2D eigenvalue weighted by molar-refractivity contribution is 0.589. The van der Waals surface area contributed by atoms with Crippen LogP contribution in [0.5, 0.6) is 0 Å². The predicted molar refractivity (Wildman–Crippen MR) is 102 cm³/mol. The van der Waals surface area contributed by atoms with E-state index >= 15 is 0 Å². The monoisotopic (exact) mass is 331 g/mol. The summed E-state index contributed by atoms with van der Waals surface area (Å²) in [4.78, 5) is 4.70. The number of halogens is 1. The van der Waals surface area contributed by atoms with Gasteiger partial charge >= 0.3 is 0 Å². The molecular formula is C22H18ClN. The highest BCUT2D eigenvalue weighted by Gasteiger charge is 2.37. The molecule has 1 nitrogen and oxygen atoms in total. The van der Waals surface area contributed by atoms with Crippen molar-refractivity contribution in [3.05, 3.63) is 101 Å². The van der Waals surface area contributed by atoms with E-state index in [1.165, 1.54) is 16.7 Å². The summed E-state index contributed by atoms with van der Waals surface area (Å²) in [7, 11) is 0. The number of benzene rings is 3. The topological polar surface area (TPSA) is 12.4 Å². The van der Waals surface area contributed by atoms with E-state index in [1.807, 2.05) is 12.1 Å². The fourth-order valence-electron chi connectivity index (χ4n) is 3.55. The zero-order chi connectivity index (χ0) is 16.4. The molecule has 1 aliphatic heterocycles. The van der Waals surface area contributed by atoms with Gasteiger partial charge in [0.25, 0.3) is 0 Å². The fourth-order valence-corrected chi connectivity index (χ4v) is 3.72. The molecule has 0 spiro atoms. The number of rotatable bonds is 4. The van der Waals surface area contributed by atoms with Crippen LogP contribution in [0.15, 0.2) is 83.9 Å². The molecule has 0 fully saturated rings. The molecule has 0 aromatic heterocycles. The third-order valence-corrected chi connectivity index (χ3v) is 4.91. The van der Waals surface area contributed by atoms with Gasteiger partial charge in [-0.15, -0.1) is 0 Å². The number of nitrogens with zero attached hydrogens (tertiary/aromatic N) is 1. The Kier molecular flexibility index (Phi) is 3.95. The molecule has 0 unspecified atom stereocenters. The Morgan fingerprint density at radius 2 is 1.33 bits per heavy atom. The molecule has 0 saturated heterocycles. The Bertz CT molecular complexity index is 827. The molecule has 1 heterocycles. The minimum Gasteiger partial charge on any atom is -0.260 e. The van der Waals surface area contributed by atoms with Crippen LogP contribution in [-0.2, 0) is 18.3 Å². The molecule has 3 aromatic rings. The van der Waals surface area contributed by atoms with E-state index < -0.39 is 0 Å². The van der Waals surface area contributed by atoms with Crippen molar-refractivity contribution in [1.82, 2.24) is 0 Å². The van der Waals surface area contributed by atoms with Crippen molar-refractivity contribution >= 4 is 23.5 Å². The van der Waals surface area contributed by atoms with Gasteiger partial charge in [-0.25, -0.2) is 0 Å². The van der Waals surface area contributed by atoms with Crippen LogP contribution in [0.2, 0.25) is 5.02 Å². The third kappa shape index (κ3) is 2.88. The molecule has 0 amide bonds. The number of hydrogen-bond donors (Lipinski definition) is 0. The highest BCUT2D eigenvalue weighted by Crippen LogP contribution is 2.42. The molecule has 0 N–H and O–H groups in total. The molecule has 4 rings (SSSR count). The van der Waals surface area contributed by atoms with E-state index in [-0.39, 0.29) is 5.41 Å². The smallest absolute Gasteiger partial charge is 0.0668 e. The van der Waals surface area contributed by atoms with Gasteiger partial charge in [0.1, 0.15) is 0 Å². The molecule has 0 radical (unpaired) electrons. The average Bonchev–Trinajstić information content (AvgIpc) is 2.94. The maximum absolute atomic E-state index is 6.30. The van der Waals surface area contributed by atoms with Gasteiger partial charge in [0.05, 0.1) is 5.69 Å². The van der Waals surface area contributed by atoms with Gasteiger partial charge in [0.15, 0.2) is 0 Å². The summed E-state index contributed by atoms with van der Waals surface area (Å²) in [5.74, 6) is 0. The van der Waals surface area contributed by atoms with E-state index in [4.69, 9.17) is 16.6 Å². The first-order chi connectivity index (χ1) is 11.8. The van der Waals surface area contributed by atoms with E-state index in [0.29, 0.717) is 0 Å². The Morgan fingerprint density at radius 1 is 0.750 bits per heavy atom. The van der Waals surface area contributed by atoms with Crippen molar-refractivity contribution in [2.24, 2.45) is 4.99 Å². The van der Waals surface area contributed by atoms with E-state index in [0.717, 1.165) is 23.6 Å². The Morgan fingerprint density at radius 3 is 1.92 bits per heavy atom. The number of fused-ring (bicyclic) bond motifs is 1. The van der Waals surface area contributed by atoms with E-state index in [1.54, 1.807) is 0 Å². The van der Waals surface area contributed by atoms with Gasteiger partial charge in [0.2, 0.25) is 0 Å². The molecule has 0 atom stereocenters. The standard InChI is InChI=1S/C22H18ClN/c23-19-11-12-21-20(13-19)22(16-24-21,14-17-7-3-1-4-8-17)15-18-9-5-2-6-10-18/h1-13,16H,14-15H2. The number of hydrogen-bond acceptors (Lipinski definition) is 1. The minimum atomic E-state index is -0.150. The van der Waals surface area contributed by atoms with Gasteiger partial charge in [-0.1, -0.05) is 72.3 Å². The minimum absolute atomic E-state index is 0.150. The van der Waals surface area contributed by atoms with E-state index in [9.17, 15) is 0 Å². The quantitative estimate of drug-likeness (QED) is 0.574. The van der Waals surface area contributed by atoms with Gasteiger partial charge in [-0.2, -0.15) is 0 Å². The second kappa shape index (κ2) is 6.26. The summed E-state index contributed by atoms with van der Waals surface area (Å²) >= 11 is 6.30. The van der Waals surface area contributed by atoms with E-state index in [2.05, 4.69) is 72.9 Å². The lowest BCUT2D eigenvalue weighted by atomic mass is 9.73. The third-order valence-electron chi connectivity index (χ3n) is 4.67. The first kappa shape index (κ1) is 15.2. The molecule has 0 aliphatic carbocycles. The van der Waals surface area contributed by atoms with Gasteiger partial charge in [0, 0.05) is 16.7 Å². The Hall–Kier alpha value is -2.38. The van der Waals surface area contributed by atoms with Crippen LogP contribution in [0.25, 0.3) is 0 Å². The highest BCUT2D eigenvalue weighted by molar-refractivity contribution is 6.30. The second-order valence-corrected chi connectivity index (χ2v) is 6.84. The van der Waals surface area contributed by atoms with Crippen molar-refractivity contribution in [3.63, 3.8) is 0 Å². The first-order valence-electron chi connectivity index (χ1n) is 8.18. The normalized spacial score (nSPS) is 14.5. The largest absolute Gasteiger partial charge is 0.260 e. The van der Waals surface area contributed by atoms with Crippen molar-refractivity contribution in [3.8, 4) is 0 Å². The van der Waals surface area contributed by atoms with Crippen molar-refractivity contribution in [2.75, 3.05) is 0 Å². The van der Waals surface area contributed by atoms with Gasteiger partial charge in [-0.05, 0) is 47.7 Å². The summed E-state index contributed by atoms with van der Waals surface area (Å²) in [5.41, 5.74) is 4.73. The van der Waals surface area contributed by atoms with Gasteiger partial charge in [-0.3, -0.25) is 4.99 Å². The molecule has 2 heteroatoms. The second-order valence-electron chi connectivity index (χ2n) is 6.40.